The SMILES string of the molecule is COc1cc(CN2CC[C@@]3(C=CC(=O)N3c3cccc(F)c3)C[C@H]2C)ccc1O. The molecular weight excluding hydrogens is 371 g/mol. The van der Waals surface area contributed by atoms with Crippen molar-refractivity contribution in [1.29, 1.82) is 0 Å². The molecule has 0 aromatic heterocycles. The number of halogens is 1. The number of hydrogen-bond acceptors (Lipinski definition) is 4. The normalized spacial score (nSPS) is 24.4. The van der Waals surface area contributed by atoms with Gasteiger partial charge in [-0.2, -0.15) is 0 Å². The van der Waals surface area contributed by atoms with E-state index >= 15 is 0 Å². The van der Waals surface area contributed by atoms with Crippen LogP contribution in [-0.2, 0) is 11.3 Å². The van der Waals surface area contributed by atoms with Gasteiger partial charge in [0.15, 0.2) is 11.5 Å². The molecule has 1 spiro atoms. The number of ether oxygens (including phenoxy) is 1. The molecule has 2 aliphatic heterocycles. The smallest absolute Gasteiger partial charge is 0.251 e. The van der Waals surface area contributed by atoms with Crippen LogP contribution in [-0.4, -0.2) is 41.1 Å². The summed E-state index contributed by atoms with van der Waals surface area (Å²) in [6, 6.07) is 11.9. The van der Waals surface area contributed by atoms with Crippen LogP contribution in [0.3, 0.4) is 0 Å². The number of benzene rings is 2. The number of methoxy groups -OCH3 is 1. The molecule has 1 amide bonds. The predicted octanol–water partition coefficient (Wildman–Crippen LogP) is 3.87. The van der Waals surface area contributed by atoms with Gasteiger partial charge in [0, 0.05) is 30.9 Å². The Morgan fingerprint density at radius 3 is 2.83 bits per heavy atom. The summed E-state index contributed by atoms with van der Waals surface area (Å²) in [5.74, 6) is 0.149. The van der Waals surface area contributed by atoms with Crippen molar-refractivity contribution in [3.8, 4) is 11.5 Å². The highest BCUT2D eigenvalue weighted by Gasteiger charge is 2.46. The van der Waals surface area contributed by atoms with Gasteiger partial charge in [0.2, 0.25) is 0 Å². The van der Waals surface area contributed by atoms with E-state index in [9.17, 15) is 14.3 Å². The third-order valence-corrected chi connectivity index (χ3v) is 6.00. The van der Waals surface area contributed by atoms with E-state index in [-0.39, 0.29) is 23.5 Å². The zero-order valence-electron chi connectivity index (χ0n) is 16.6. The molecule has 2 aromatic carbocycles. The molecule has 1 N–H and O–H groups in total. The van der Waals surface area contributed by atoms with E-state index in [1.807, 2.05) is 18.2 Å². The van der Waals surface area contributed by atoms with Crippen molar-refractivity contribution in [1.82, 2.24) is 4.90 Å². The fraction of sp³-hybridized carbons (Fsp3) is 0.348. The third-order valence-electron chi connectivity index (χ3n) is 6.00. The minimum Gasteiger partial charge on any atom is -0.504 e. The number of carbonyl (C=O) groups excluding carboxylic acids is 1. The van der Waals surface area contributed by atoms with E-state index < -0.39 is 5.54 Å². The van der Waals surface area contributed by atoms with Crippen molar-refractivity contribution < 1.29 is 19.0 Å². The molecule has 2 aliphatic rings. The largest absolute Gasteiger partial charge is 0.504 e. The molecule has 2 heterocycles. The molecule has 0 unspecified atom stereocenters. The standard InChI is InChI=1S/C23H25FN2O3/c1-16-14-23(9-8-22(28)26(23)19-5-3-4-18(24)13-19)10-11-25(16)15-17-6-7-20(27)21(12-17)29-2/h3-9,12-13,16,27H,10-11,14-15H2,1-2H3/t16-,23+/m1/s1. The Bertz CT molecular complexity index is 961. The Kier molecular flexibility index (Phi) is 5.04. The number of carbonyl (C=O) groups is 1. The fourth-order valence-electron chi connectivity index (χ4n) is 4.54. The van der Waals surface area contributed by atoms with Crippen molar-refractivity contribution in [2.45, 2.75) is 37.9 Å². The minimum atomic E-state index is -0.423. The maximum Gasteiger partial charge on any atom is 0.251 e. The fourth-order valence-corrected chi connectivity index (χ4v) is 4.54. The number of phenols is 1. The molecule has 5 nitrogen and oxygen atoms in total. The molecular formula is C23H25FN2O3. The van der Waals surface area contributed by atoms with Crippen LogP contribution in [0.2, 0.25) is 0 Å². The number of amides is 1. The Morgan fingerprint density at radius 1 is 1.28 bits per heavy atom. The molecule has 0 saturated carbocycles. The molecule has 0 aliphatic carbocycles. The quantitative estimate of drug-likeness (QED) is 0.853. The predicted molar refractivity (Wildman–Crippen MR) is 110 cm³/mol. The van der Waals surface area contributed by atoms with Crippen molar-refractivity contribution in [3.63, 3.8) is 0 Å². The van der Waals surface area contributed by atoms with Gasteiger partial charge < -0.3 is 9.84 Å². The molecule has 1 saturated heterocycles. The number of hydrogen-bond donors (Lipinski definition) is 1. The van der Waals surface area contributed by atoms with Crippen molar-refractivity contribution >= 4 is 11.6 Å². The second kappa shape index (κ2) is 7.52. The van der Waals surface area contributed by atoms with Crippen molar-refractivity contribution in [3.05, 3.63) is 66.0 Å². The summed E-state index contributed by atoms with van der Waals surface area (Å²) < 4.78 is 19.0. The van der Waals surface area contributed by atoms with Gasteiger partial charge in [-0.25, -0.2) is 4.39 Å². The summed E-state index contributed by atoms with van der Waals surface area (Å²) in [6.45, 7) is 3.68. The zero-order chi connectivity index (χ0) is 20.6. The summed E-state index contributed by atoms with van der Waals surface area (Å²) in [5, 5.41) is 9.80. The first-order chi connectivity index (χ1) is 13.9. The average molecular weight is 396 g/mol. The van der Waals surface area contributed by atoms with E-state index in [4.69, 9.17) is 4.74 Å². The summed E-state index contributed by atoms with van der Waals surface area (Å²) in [6.07, 6.45) is 5.13. The number of phenolic OH excluding ortho intramolecular Hbond substituents is 1. The summed E-state index contributed by atoms with van der Waals surface area (Å²) >= 11 is 0. The lowest BCUT2D eigenvalue weighted by molar-refractivity contribution is -0.114. The monoisotopic (exact) mass is 396 g/mol. The summed E-state index contributed by atoms with van der Waals surface area (Å²) in [4.78, 5) is 16.7. The topological polar surface area (TPSA) is 53.0 Å². The van der Waals surface area contributed by atoms with Crippen LogP contribution in [0.4, 0.5) is 10.1 Å². The summed E-state index contributed by atoms with van der Waals surface area (Å²) in [7, 11) is 1.54. The number of nitrogens with zero attached hydrogens (tertiary/aromatic N) is 2. The van der Waals surface area contributed by atoms with Crippen LogP contribution in [0.5, 0.6) is 11.5 Å². The number of aromatic hydroxyl groups is 1. The number of likely N-dealkylation sites (tertiary alicyclic amines) is 1. The molecule has 152 valence electrons. The van der Waals surface area contributed by atoms with Gasteiger partial charge in [0.1, 0.15) is 5.82 Å². The molecule has 6 heteroatoms. The highest BCUT2D eigenvalue weighted by Crippen LogP contribution is 2.41. The molecule has 2 aromatic rings. The minimum absolute atomic E-state index is 0.0977. The van der Waals surface area contributed by atoms with Crippen molar-refractivity contribution in [2.75, 3.05) is 18.6 Å². The van der Waals surface area contributed by atoms with E-state index in [0.29, 0.717) is 11.4 Å². The molecule has 2 atom stereocenters. The molecule has 4 rings (SSSR count). The number of rotatable bonds is 4. The zero-order valence-corrected chi connectivity index (χ0v) is 16.6. The van der Waals surface area contributed by atoms with Gasteiger partial charge in [-0.1, -0.05) is 18.2 Å². The van der Waals surface area contributed by atoms with Crippen LogP contribution < -0.4 is 9.64 Å². The lowest BCUT2D eigenvalue weighted by atomic mass is 9.82. The Hall–Kier alpha value is -2.86. The second-order valence-corrected chi connectivity index (χ2v) is 7.87. The van der Waals surface area contributed by atoms with Gasteiger partial charge in [-0.3, -0.25) is 14.6 Å². The Balaban J connectivity index is 1.53. The van der Waals surface area contributed by atoms with Gasteiger partial charge in [0.25, 0.3) is 5.91 Å². The van der Waals surface area contributed by atoms with Crippen molar-refractivity contribution in [2.24, 2.45) is 0 Å². The average Bonchev–Trinajstić information content (AvgIpc) is 3.01. The molecule has 29 heavy (non-hydrogen) atoms. The second-order valence-electron chi connectivity index (χ2n) is 7.87. The highest BCUT2D eigenvalue weighted by atomic mass is 19.1. The maximum absolute atomic E-state index is 13.8. The van der Waals surface area contributed by atoms with Crippen LogP contribution in [0.15, 0.2) is 54.6 Å². The van der Waals surface area contributed by atoms with Crippen LogP contribution >= 0.6 is 0 Å². The highest BCUT2D eigenvalue weighted by molar-refractivity contribution is 6.06. The lowest BCUT2D eigenvalue weighted by Crippen LogP contribution is -2.56. The lowest BCUT2D eigenvalue weighted by Gasteiger charge is -2.47. The number of anilines is 1. The first-order valence-corrected chi connectivity index (χ1v) is 9.81. The van der Waals surface area contributed by atoms with Crippen LogP contribution in [0, 0.1) is 5.82 Å². The van der Waals surface area contributed by atoms with E-state index in [1.165, 1.54) is 19.2 Å². The van der Waals surface area contributed by atoms with E-state index in [0.717, 1.165) is 31.5 Å². The summed E-state index contributed by atoms with van der Waals surface area (Å²) in [5.41, 5.74) is 1.24. The third kappa shape index (κ3) is 3.60. The maximum atomic E-state index is 13.8. The Labute approximate surface area is 170 Å². The van der Waals surface area contributed by atoms with Crippen LogP contribution in [0.25, 0.3) is 0 Å². The van der Waals surface area contributed by atoms with E-state index in [1.54, 1.807) is 29.2 Å². The molecule has 1 fully saturated rings. The van der Waals surface area contributed by atoms with Gasteiger partial charge in [0.05, 0.1) is 12.6 Å². The van der Waals surface area contributed by atoms with Gasteiger partial charge in [-0.15, -0.1) is 0 Å². The molecule has 0 bridgehead atoms. The van der Waals surface area contributed by atoms with Crippen LogP contribution in [0.1, 0.15) is 25.3 Å². The van der Waals surface area contributed by atoms with Gasteiger partial charge >= 0.3 is 0 Å². The first kappa shape index (κ1) is 19.5. The number of piperidine rings is 1. The first-order valence-electron chi connectivity index (χ1n) is 9.81. The Morgan fingerprint density at radius 2 is 2.10 bits per heavy atom. The van der Waals surface area contributed by atoms with Gasteiger partial charge in [-0.05, 0) is 55.7 Å². The molecule has 0 radical (unpaired) electrons. The van der Waals surface area contributed by atoms with E-state index in [2.05, 4.69) is 11.8 Å².